The summed E-state index contributed by atoms with van der Waals surface area (Å²) in [6, 6.07) is 1.60. The molecule has 0 amide bonds. The molecule has 0 aliphatic heterocycles. The molecule has 0 fully saturated rings. The molecule has 0 saturated carbocycles. The molecule has 0 aromatic heterocycles. The molecule has 0 radical (unpaired) electrons. The van der Waals surface area contributed by atoms with E-state index in [1.807, 2.05) is 0 Å². The van der Waals surface area contributed by atoms with Crippen molar-refractivity contribution in [2.45, 2.75) is 71.1 Å². The third-order valence-corrected chi connectivity index (χ3v) is 3.71. The van der Waals surface area contributed by atoms with Crippen molar-refractivity contribution in [1.29, 1.82) is 0 Å². The van der Waals surface area contributed by atoms with Crippen LogP contribution in [-0.2, 0) is 4.79 Å². The van der Waals surface area contributed by atoms with Gasteiger partial charge in [-0.25, -0.2) is 8.78 Å². The van der Waals surface area contributed by atoms with Crippen molar-refractivity contribution in [3.05, 3.63) is 23.8 Å². The molecule has 0 heterocycles. The quantitative estimate of drug-likeness (QED) is 0.331. The fourth-order valence-electron chi connectivity index (χ4n) is 2.36. The Balaban J connectivity index is 2.13. The summed E-state index contributed by atoms with van der Waals surface area (Å²) in [6.45, 7) is 2.19. The molecule has 1 aromatic carbocycles. The highest BCUT2D eigenvalue weighted by Gasteiger charge is 2.12. The molecular formula is C18H26F2O3. The maximum absolute atomic E-state index is 13.1. The van der Waals surface area contributed by atoms with Gasteiger partial charge in [-0.1, -0.05) is 58.3 Å². The van der Waals surface area contributed by atoms with E-state index in [9.17, 15) is 13.6 Å². The fraction of sp³-hybridized carbons (Fsp3) is 0.611. The molecule has 0 aliphatic carbocycles. The summed E-state index contributed by atoms with van der Waals surface area (Å²) in [5.41, 5.74) is 0. The van der Waals surface area contributed by atoms with E-state index in [0.717, 1.165) is 25.0 Å². The Bertz CT molecular complexity index is 466. The van der Waals surface area contributed by atoms with Crippen LogP contribution in [0.3, 0.4) is 0 Å². The van der Waals surface area contributed by atoms with Crippen molar-refractivity contribution in [2.24, 2.45) is 0 Å². The lowest BCUT2D eigenvalue weighted by molar-refractivity contribution is -0.134. The van der Waals surface area contributed by atoms with Crippen LogP contribution in [-0.4, -0.2) is 11.1 Å². The first kappa shape index (κ1) is 19.4. The number of phenolic OH excluding ortho intramolecular Hbond substituents is 1. The molecule has 1 rings (SSSR count). The molecule has 0 unspecified atom stereocenters. The van der Waals surface area contributed by atoms with Crippen LogP contribution in [0, 0.1) is 11.6 Å². The third-order valence-electron chi connectivity index (χ3n) is 3.71. The first-order chi connectivity index (χ1) is 11.0. The zero-order chi connectivity index (χ0) is 17.1. The van der Waals surface area contributed by atoms with Crippen molar-refractivity contribution in [2.75, 3.05) is 0 Å². The number of halogens is 2. The average molecular weight is 328 g/mol. The molecule has 3 nitrogen and oxygen atoms in total. The van der Waals surface area contributed by atoms with Gasteiger partial charge < -0.3 is 9.84 Å². The Morgan fingerprint density at radius 1 is 0.957 bits per heavy atom. The van der Waals surface area contributed by atoms with E-state index in [-0.39, 0.29) is 12.2 Å². The third kappa shape index (κ3) is 7.95. The first-order valence-corrected chi connectivity index (χ1v) is 8.43. The van der Waals surface area contributed by atoms with Crippen LogP contribution in [0.5, 0.6) is 11.5 Å². The van der Waals surface area contributed by atoms with Gasteiger partial charge in [0, 0.05) is 18.6 Å². The number of ether oxygens (including phenoxy) is 1. The van der Waals surface area contributed by atoms with E-state index in [4.69, 9.17) is 9.84 Å². The summed E-state index contributed by atoms with van der Waals surface area (Å²) >= 11 is 0. The van der Waals surface area contributed by atoms with Crippen LogP contribution in [0.1, 0.15) is 71.1 Å². The van der Waals surface area contributed by atoms with E-state index in [1.165, 1.54) is 38.5 Å². The van der Waals surface area contributed by atoms with Crippen LogP contribution >= 0.6 is 0 Å². The summed E-state index contributed by atoms with van der Waals surface area (Å²) in [6.07, 6.45) is 10.5. The lowest BCUT2D eigenvalue weighted by Gasteiger charge is -2.06. The van der Waals surface area contributed by atoms with E-state index >= 15 is 0 Å². The molecule has 5 heteroatoms. The SMILES string of the molecule is CCCCCCCCCCCC(=O)Oc1cc(F)c(O)c(F)c1. The number of hydrogen-bond donors (Lipinski definition) is 1. The molecule has 0 spiro atoms. The Hall–Kier alpha value is -1.65. The number of benzene rings is 1. The van der Waals surface area contributed by atoms with Gasteiger partial charge in [0.1, 0.15) is 5.75 Å². The van der Waals surface area contributed by atoms with Gasteiger partial charge in [-0.15, -0.1) is 0 Å². The molecule has 1 N–H and O–H groups in total. The Labute approximate surface area is 136 Å². The smallest absolute Gasteiger partial charge is 0.311 e. The summed E-state index contributed by atoms with van der Waals surface area (Å²) in [5, 5.41) is 8.97. The van der Waals surface area contributed by atoms with Crippen LogP contribution in [0.4, 0.5) is 8.78 Å². The molecule has 23 heavy (non-hydrogen) atoms. The minimum absolute atomic E-state index is 0.222. The number of unbranched alkanes of at least 4 members (excludes halogenated alkanes) is 8. The van der Waals surface area contributed by atoms with Gasteiger partial charge in [-0.05, 0) is 6.42 Å². The second-order valence-electron chi connectivity index (χ2n) is 5.79. The number of hydrogen-bond acceptors (Lipinski definition) is 3. The standard InChI is InChI=1S/C18H26F2O3/c1-2-3-4-5-6-7-8-9-10-11-17(21)23-14-12-15(19)18(22)16(20)13-14/h12-13,22H,2-11H2,1H3. The Morgan fingerprint density at radius 2 is 1.43 bits per heavy atom. The first-order valence-electron chi connectivity index (χ1n) is 8.43. The second-order valence-corrected chi connectivity index (χ2v) is 5.79. The summed E-state index contributed by atoms with van der Waals surface area (Å²) in [5.74, 6) is -4.09. The van der Waals surface area contributed by atoms with Gasteiger partial charge in [0.05, 0.1) is 0 Å². The molecule has 130 valence electrons. The van der Waals surface area contributed by atoms with Crippen LogP contribution in [0.2, 0.25) is 0 Å². The van der Waals surface area contributed by atoms with Crippen LogP contribution in [0.25, 0.3) is 0 Å². The van der Waals surface area contributed by atoms with Crippen LogP contribution in [0.15, 0.2) is 12.1 Å². The predicted octanol–water partition coefficient (Wildman–Crippen LogP) is 5.50. The minimum Gasteiger partial charge on any atom is -0.503 e. The minimum atomic E-state index is -1.14. The molecule has 1 aromatic rings. The van der Waals surface area contributed by atoms with Crippen molar-refractivity contribution in [3.63, 3.8) is 0 Å². The largest absolute Gasteiger partial charge is 0.503 e. The molecule has 0 bridgehead atoms. The summed E-state index contributed by atoms with van der Waals surface area (Å²) in [4.78, 5) is 11.6. The monoisotopic (exact) mass is 328 g/mol. The highest BCUT2D eigenvalue weighted by Crippen LogP contribution is 2.25. The maximum Gasteiger partial charge on any atom is 0.311 e. The van der Waals surface area contributed by atoms with Gasteiger partial charge in [-0.2, -0.15) is 0 Å². The van der Waals surface area contributed by atoms with Crippen LogP contribution < -0.4 is 4.74 Å². The van der Waals surface area contributed by atoms with E-state index in [2.05, 4.69) is 6.92 Å². The molecule has 0 saturated heterocycles. The summed E-state index contributed by atoms with van der Waals surface area (Å²) < 4.78 is 31.1. The van der Waals surface area contributed by atoms with Crippen molar-refractivity contribution >= 4 is 5.97 Å². The highest BCUT2D eigenvalue weighted by atomic mass is 19.1. The van der Waals surface area contributed by atoms with Crippen molar-refractivity contribution in [1.82, 2.24) is 0 Å². The van der Waals surface area contributed by atoms with Gasteiger partial charge in [-0.3, -0.25) is 4.79 Å². The van der Waals surface area contributed by atoms with E-state index in [0.29, 0.717) is 6.42 Å². The van der Waals surface area contributed by atoms with E-state index < -0.39 is 23.4 Å². The average Bonchev–Trinajstić information content (AvgIpc) is 2.51. The van der Waals surface area contributed by atoms with Gasteiger partial charge in [0.15, 0.2) is 17.4 Å². The number of rotatable bonds is 11. The van der Waals surface area contributed by atoms with E-state index in [1.54, 1.807) is 0 Å². The normalized spacial score (nSPS) is 10.7. The second kappa shape index (κ2) is 11.0. The maximum atomic E-state index is 13.1. The lowest BCUT2D eigenvalue weighted by atomic mass is 10.1. The van der Waals surface area contributed by atoms with Gasteiger partial charge >= 0.3 is 5.97 Å². The number of phenols is 1. The summed E-state index contributed by atoms with van der Waals surface area (Å²) in [7, 11) is 0. The number of carbonyl (C=O) groups excluding carboxylic acids is 1. The number of aromatic hydroxyl groups is 1. The Morgan fingerprint density at radius 3 is 1.96 bits per heavy atom. The van der Waals surface area contributed by atoms with Crippen molar-refractivity contribution < 1.29 is 23.4 Å². The molecular weight excluding hydrogens is 302 g/mol. The molecule has 0 aliphatic rings. The predicted molar refractivity (Wildman–Crippen MR) is 85.5 cm³/mol. The number of esters is 1. The Kier molecular flexibility index (Phi) is 9.25. The highest BCUT2D eigenvalue weighted by molar-refractivity contribution is 5.72. The lowest BCUT2D eigenvalue weighted by Crippen LogP contribution is -2.08. The zero-order valence-electron chi connectivity index (χ0n) is 13.7. The number of carbonyl (C=O) groups is 1. The van der Waals surface area contributed by atoms with Gasteiger partial charge in [0.25, 0.3) is 0 Å². The zero-order valence-corrected chi connectivity index (χ0v) is 13.7. The van der Waals surface area contributed by atoms with Crippen molar-refractivity contribution in [3.8, 4) is 11.5 Å². The fourth-order valence-corrected chi connectivity index (χ4v) is 2.36. The topological polar surface area (TPSA) is 46.5 Å². The van der Waals surface area contributed by atoms with Gasteiger partial charge in [0.2, 0.25) is 0 Å². The molecule has 0 atom stereocenters.